The number of hydrogen-bond acceptors (Lipinski definition) is 6. The van der Waals surface area contributed by atoms with Crippen LogP contribution in [0.25, 0.3) is 0 Å². The zero-order chi connectivity index (χ0) is 58.5. The summed E-state index contributed by atoms with van der Waals surface area (Å²) in [5.74, 6) is -0.868. The van der Waals surface area contributed by atoms with Crippen molar-refractivity contribution < 1.29 is 28.6 Å². The monoisotopic (exact) mass is 1130 g/mol. The summed E-state index contributed by atoms with van der Waals surface area (Å²) in [6, 6.07) is 0. The van der Waals surface area contributed by atoms with Gasteiger partial charge in [0.05, 0.1) is 0 Å². The number of unbranched alkanes of at least 4 members (excludes halogenated alkanes) is 45. The van der Waals surface area contributed by atoms with Crippen LogP contribution in [0.3, 0.4) is 0 Å². The van der Waals surface area contributed by atoms with Gasteiger partial charge in [0, 0.05) is 19.3 Å². The zero-order valence-electron chi connectivity index (χ0n) is 54.3. The third-order valence-electron chi connectivity index (χ3n) is 16.0. The van der Waals surface area contributed by atoms with Crippen LogP contribution in [0.1, 0.15) is 380 Å². The second-order valence-electron chi connectivity index (χ2n) is 24.1. The Morgan fingerprint density at radius 1 is 0.247 bits per heavy atom. The number of rotatable bonds is 66. The molecule has 0 aliphatic carbocycles. The molecule has 6 nitrogen and oxygen atoms in total. The van der Waals surface area contributed by atoms with E-state index in [4.69, 9.17) is 14.2 Å². The van der Waals surface area contributed by atoms with Gasteiger partial charge in [-0.15, -0.1) is 0 Å². The third-order valence-corrected chi connectivity index (χ3v) is 16.0. The first-order valence-corrected chi connectivity index (χ1v) is 35.8. The molecule has 0 saturated heterocycles. The summed E-state index contributed by atoms with van der Waals surface area (Å²) in [4.78, 5) is 38.3. The molecule has 472 valence electrons. The van der Waals surface area contributed by atoms with E-state index in [1.165, 1.54) is 263 Å². The highest BCUT2D eigenvalue weighted by Crippen LogP contribution is 2.18. The van der Waals surface area contributed by atoms with Crippen LogP contribution in [-0.4, -0.2) is 37.2 Å². The molecule has 0 fully saturated rings. The Kier molecular flexibility index (Phi) is 67.1. The average Bonchev–Trinajstić information content (AvgIpc) is 3.47. The minimum atomic E-state index is -0.779. The van der Waals surface area contributed by atoms with Gasteiger partial charge >= 0.3 is 17.9 Å². The summed E-state index contributed by atoms with van der Waals surface area (Å²) >= 11 is 0. The quantitative estimate of drug-likeness (QED) is 0.0261. The topological polar surface area (TPSA) is 78.9 Å². The summed E-state index contributed by atoms with van der Waals surface area (Å²) in [6.45, 7) is 6.61. The molecule has 0 aromatic heterocycles. The van der Waals surface area contributed by atoms with Crippen LogP contribution < -0.4 is 0 Å². The lowest BCUT2D eigenvalue weighted by Crippen LogP contribution is -2.30. The van der Waals surface area contributed by atoms with Crippen LogP contribution in [0, 0.1) is 0 Å². The van der Waals surface area contributed by atoms with E-state index in [2.05, 4.69) is 81.5 Å². The Morgan fingerprint density at radius 3 is 0.753 bits per heavy atom. The highest BCUT2D eigenvalue weighted by Gasteiger charge is 2.19. The molecular weight excluding hydrogens is 997 g/mol. The van der Waals surface area contributed by atoms with Crippen molar-refractivity contribution in [2.75, 3.05) is 13.2 Å². The molecule has 0 aromatic rings. The molecule has 0 aliphatic rings. The molecule has 0 heterocycles. The van der Waals surface area contributed by atoms with Gasteiger partial charge in [0.2, 0.25) is 0 Å². The summed E-state index contributed by atoms with van der Waals surface area (Å²) in [5.41, 5.74) is 0. The average molecular weight is 1130 g/mol. The summed E-state index contributed by atoms with van der Waals surface area (Å²) in [6.07, 6.45) is 89.8. The number of ether oxygens (including phenoxy) is 3. The highest BCUT2D eigenvalue weighted by atomic mass is 16.6. The maximum atomic E-state index is 12.9. The third kappa shape index (κ3) is 67.8. The maximum absolute atomic E-state index is 12.9. The molecule has 1 unspecified atom stereocenters. The highest BCUT2D eigenvalue weighted by molar-refractivity contribution is 5.71. The number of hydrogen-bond donors (Lipinski definition) is 0. The fourth-order valence-electron chi connectivity index (χ4n) is 10.5. The van der Waals surface area contributed by atoms with Crippen molar-refractivity contribution in [3.63, 3.8) is 0 Å². The summed E-state index contributed by atoms with van der Waals surface area (Å²) in [7, 11) is 0. The van der Waals surface area contributed by atoms with Crippen LogP contribution in [0.4, 0.5) is 0 Å². The van der Waals surface area contributed by atoms with E-state index in [1.807, 2.05) is 0 Å². The summed E-state index contributed by atoms with van der Waals surface area (Å²) in [5, 5.41) is 0. The second kappa shape index (κ2) is 69.6. The largest absolute Gasteiger partial charge is 0.462 e. The molecular formula is C75H136O6. The van der Waals surface area contributed by atoms with Gasteiger partial charge in [-0.2, -0.15) is 0 Å². The predicted molar refractivity (Wildman–Crippen MR) is 353 cm³/mol. The van der Waals surface area contributed by atoms with Crippen LogP contribution in [0.2, 0.25) is 0 Å². The van der Waals surface area contributed by atoms with E-state index in [0.717, 1.165) is 77.0 Å². The van der Waals surface area contributed by atoms with Crippen molar-refractivity contribution in [2.24, 2.45) is 0 Å². The molecule has 0 rings (SSSR count). The molecule has 81 heavy (non-hydrogen) atoms. The van der Waals surface area contributed by atoms with Crippen molar-refractivity contribution >= 4 is 17.9 Å². The Morgan fingerprint density at radius 2 is 0.457 bits per heavy atom. The Labute approximate surface area is 504 Å². The molecule has 0 amide bonds. The lowest BCUT2D eigenvalue weighted by Gasteiger charge is -2.18. The first-order valence-electron chi connectivity index (χ1n) is 35.8. The normalized spacial score (nSPS) is 12.4. The Bertz CT molecular complexity index is 1440. The molecule has 1 atom stereocenters. The maximum Gasteiger partial charge on any atom is 0.306 e. The van der Waals surface area contributed by atoms with E-state index in [9.17, 15) is 14.4 Å². The molecule has 0 spiro atoms. The van der Waals surface area contributed by atoms with Crippen molar-refractivity contribution in [1.29, 1.82) is 0 Å². The lowest BCUT2D eigenvalue weighted by molar-refractivity contribution is -0.167. The predicted octanol–water partition coefficient (Wildman–Crippen LogP) is 24.7. The van der Waals surface area contributed by atoms with Gasteiger partial charge in [-0.1, -0.05) is 319 Å². The first-order chi connectivity index (χ1) is 40.0. The SMILES string of the molecule is CCCC/C=C\CCCCCCCC(=O)OCC(COC(=O)CCCCCCCCCCCCCCCCCCCCCCC/C=C\C/C=C\CCCCCCC)OC(=O)CCCCCCCCCCC/C=C\C/C=C\CCCCC. The fourth-order valence-corrected chi connectivity index (χ4v) is 10.5. The van der Waals surface area contributed by atoms with Gasteiger partial charge in [0.15, 0.2) is 6.10 Å². The molecule has 0 aromatic carbocycles. The van der Waals surface area contributed by atoms with E-state index in [-0.39, 0.29) is 31.1 Å². The first kappa shape index (κ1) is 78.1. The van der Waals surface area contributed by atoms with Crippen LogP contribution >= 0.6 is 0 Å². The minimum absolute atomic E-state index is 0.0746. The van der Waals surface area contributed by atoms with E-state index >= 15 is 0 Å². The molecule has 0 saturated carbocycles. The van der Waals surface area contributed by atoms with Crippen molar-refractivity contribution in [1.82, 2.24) is 0 Å². The van der Waals surface area contributed by atoms with Crippen LogP contribution in [-0.2, 0) is 28.6 Å². The smallest absolute Gasteiger partial charge is 0.306 e. The van der Waals surface area contributed by atoms with Gasteiger partial charge in [0.1, 0.15) is 13.2 Å². The van der Waals surface area contributed by atoms with E-state index in [1.54, 1.807) is 0 Å². The zero-order valence-corrected chi connectivity index (χ0v) is 54.3. The van der Waals surface area contributed by atoms with Gasteiger partial charge < -0.3 is 14.2 Å². The number of carbonyl (C=O) groups is 3. The molecule has 0 bridgehead atoms. The molecule has 0 aliphatic heterocycles. The van der Waals surface area contributed by atoms with E-state index in [0.29, 0.717) is 19.3 Å². The van der Waals surface area contributed by atoms with Crippen molar-refractivity contribution in [2.45, 2.75) is 386 Å². The van der Waals surface area contributed by atoms with Gasteiger partial charge in [-0.05, 0) is 103 Å². The summed E-state index contributed by atoms with van der Waals surface area (Å²) < 4.78 is 16.9. The Hall–Kier alpha value is -2.89. The Balaban J connectivity index is 4.10. The van der Waals surface area contributed by atoms with Crippen LogP contribution in [0.15, 0.2) is 60.8 Å². The minimum Gasteiger partial charge on any atom is -0.462 e. The fraction of sp³-hybridized carbons (Fsp3) is 0.827. The molecule has 6 heteroatoms. The van der Waals surface area contributed by atoms with Crippen molar-refractivity contribution in [3.8, 4) is 0 Å². The number of esters is 3. The van der Waals surface area contributed by atoms with Gasteiger partial charge in [-0.25, -0.2) is 0 Å². The second-order valence-corrected chi connectivity index (χ2v) is 24.1. The lowest BCUT2D eigenvalue weighted by atomic mass is 10.0. The standard InChI is InChI=1S/C75H136O6/c1-4-7-10-13-16-19-22-24-26-28-30-31-32-33-34-35-36-37-38-39-40-41-42-43-45-46-48-50-53-56-59-62-65-68-74(77)80-71-72(70-79-73(76)67-64-61-58-55-52-21-18-15-12-9-6-3)81-75(78)69-66-63-60-57-54-51-49-47-44-29-27-25-23-20-17-14-11-8-5-2/h15,17-18,20,22,24-25,27-28,30,72H,4-14,16,19,21,23,26,29,31-71H2,1-3H3/b18-15-,20-17-,24-22-,27-25-,30-28-. The van der Waals surface area contributed by atoms with Crippen molar-refractivity contribution in [3.05, 3.63) is 60.8 Å². The van der Waals surface area contributed by atoms with Crippen LogP contribution in [0.5, 0.6) is 0 Å². The molecule has 0 radical (unpaired) electrons. The number of allylic oxidation sites excluding steroid dienone is 10. The van der Waals surface area contributed by atoms with Gasteiger partial charge in [-0.3, -0.25) is 14.4 Å². The van der Waals surface area contributed by atoms with E-state index < -0.39 is 6.10 Å². The van der Waals surface area contributed by atoms with Gasteiger partial charge in [0.25, 0.3) is 0 Å². The number of carbonyl (C=O) groups excluding carboxylic acids is 3. The molecule has 0 N–H and O–H groups in total.